The molecule has 1 N–H and O–H groups in total. The molecule has 3 rings (SSSR count). The molecule has 2 aliphatic heterocycles. The SMILES string of the molecule is CC1NC(=O)C(C)(C)N(CC2CSc3ccccc32)C1=O. The number of nitrogens with zero attached hydrogens (tertiary/aromatic N) is 1. The summed E-state index contributed by atoms with van der Waals surface area (Å²) in [4.78, 5) is 27.7. The number of piperazine rings is 1. The predicted octanol–water partition coefficient (Wildman–Crippen LogP) is 2.00. The molecule has 112 valence electrons. The van der Waals surface area contributed by atoms with E-state index in [0.29, 0.717) is 12.5 Å². The summed E-state index contributed by atoms with van der Waals surface area (Å²) < 4.78 is 0. The van der Waals surface area contributed by atoms with Gasteiger partial charge in [0.25, 0.3) is 0 Å². The third-order valence-corrected chi connectivity index (χ3v) is 5.67. The zero-order valence-electron chi connectivity index (χ0n) is 12.6. The molecule has 4 nitrogen and oxygen atoms in total. The monoisotopic (exact) mass is 304 g/mol. The maximum absolute atomic E-state index is 12.5. The van der Waals surface area contributed by atoms with E-state index in [-0.39, 0.29) is 11.8 Å². The smallest absolute Gasteiger partial charge is 0.246 e. The number of hydrogen-bond acceptors (Lipinski definition) is 3. The van der Waals surface area contributed by atoms with E-state index in [1.807, 2.05) is 37.7 Å². The van der Waals surface area contributed by atoms with Crippen molar-refractivity contribution in [3.8, 4) is 0 Å². The van der Waals surface area contributed by atoms with Crippen molar-refractivity contribution in [2.24, 2.45) is 0 Å². The number of benzene rings is 1. The van der Waals surface area contributed by atoms with E-state index in [9.17, 15) is 9.59 Å². The van der Waals surface area contributed by atoms with Gasteiger partial charge in [0.1, 0.15) is 11.6 Å². The Labute approximate surface area is 129 Å². The van der Waals surface area contributed by atoms with Crippen molar-refractivity contribution in [3.63, 3.8) is 0 Å². The largest absolute Gasteiger partial charge is 0.343 e. The Balaban J connectivity index is 1.86. The van der Waals surface area contributed by atoms with Gasteiger partial charge >= 0.3 is 0 Å². The molecule has 1 aromatic carbocycles. The number of amides is 2. The predicted molar refractivity (Wildman–Crippen MR) is 83.3 cm³/mol. The number of rotatable bonds is 2. The number of nitrogens with one attached hydrogen (secondary N) is 1. The molecule has 0 radical (unpaired) electrons. The van der Waals surface area contributed by atoms with Crippen molar-refractivity contribution in [1.82, 2.24) is 10.2 Å². The first-order valence-corrected chi connectivity index (χ1v) is 8.24. The molecule has 0 bridgehead atoms. The van der Waals surface area contributed by atoms with Crippen LogP contribution in [0.15, 0.2) is 29.2 Å². The van der Waals surface area contributed by atoms with Gasteiger partial charge in [0.15, 0.2) is 0 Å². The fourth-order valence-corrected chi connectivity index (χ4v) is 4.23. The summed E-state index contributed by atoms with van der Waals surface area (Å²) in [7, 11) is 0. The van der Waals surface area contributed by atoms with Gasteiger partial charge in [0.05, 0.1) is 0 Å². The first kappa shape index (κ1) is 14.4. The summed E-state index contributed by atoms with van der Waals surface area (Å²) in [5.41, 5.74) is 0.510. The van der Waals surface area contributed by atoms with E-state index in [1.165, 1.54) is 10.5 Å². The van der Waals surface area contributed by atoms with Gasteiger partial charge in [-0.05, 0) is 32.4 Å². The number of hydrogen-bond donors (Lipinski definition) is 1. The molecular weight excluding hydrogens is 284 g/mol. The highest BCUT2D eigenvalue weighted by atomic mass is 32.2. The standard InChI is InChI=1S/C16H20N2O2S/c1-10-14(19)18(16(2,3)15(20)17-10)8-11-9-21-13-7-5-4-6-12(11)13/h4-7,10-11H,8-9H2,1-3H3,(H,17,20). The fraction of sp³-hybridized carbons (Fsp3) is 0.500. The average molecular weight is 304 g/mol. The third-order valence-electron chi connectivity index (χ3n) is 4.42. The molecule has 0 aromatic heterocycles. The van der Waals surface area contributed by atoms with Gasteiger partial charge in [0.2, 0.25) is 11.8 Å². The van der Waals surface area contributed by atoms with Crippen LogP contribution in [0.4, 0.5) is 0 Å². The van der Waals surface area contributed by atoms with Crippen molar-refractivity contribution < 1.29 is 9.59 Å². The van der Waals surface area contributed by atoms with Gasteiger partial charge in [-0.25, -0.2) is 0 Å². The van der Waals surface area contributed by atoms with Gasteiger partial charge < -0.3 is 10.2 Å². The van der Waals surface area contributed by atoms with Gasteiger partial charge in [0, 0.05) is 23.1 Å². The Morgan fingerprint density at radius 3 is 2.81 bits per heavy atom. The summed E-state index contributed by atoms with van der Waals surface area (Å²) in [6, 6.07) is 7.90. The normalized spacial score (nSPS) is 27.5. The highest BCUT2D eigenvalue weighted by Crippen LogP contribution is 2.40. The van der Waals surface area contributed by atoms with E-state index in [1.54, 1.807) is 11.8 Å². The molecular formula is C16H20N2O2S. The lowest BCUT2D eigenvalue weighted by molar-refractivity contribution is -0.154. The van der Waals surface area contributed by atoms with E-state index < -0.39 is 11.6 Å². The molecule has 0 aliphatic carbocycles. The average Bonchev–Trinajstić information content (AvgIpc) is 2.85. The van der Waals surface area contributed by atoms with Crippen LogP contribution in [-0.4, -0.2) is 40.6 Å². The minimum absolute atomic E-state index is 0.00832. The zero-order chi connectivity index (χ0) is 15.2. The molecule has 1 fully saturated rings. The van der Waals surface area contributed by atoms with Crippen molar-refractivity contribution in [3.05, 3.63) is 29.8 Å². The Morgan fingerprint density at radius 1 is 1.33 bits per heavy atom. The first-order chi connectivity index (χ1) is 9.91. The van der Waals surface area contributed by atoms with Crippen LogP contribution >= 0.6 is 11.8 Å². The van der Waals surface area contributed by atoms with Gasteiger partial charge in [-0.3, -0.25) is 9.59 Å². The van der Waals surface area contributed by atoms with Crippen LogP contribution in [0.2, 0.25) is 0 Å². The Bertz CT molecular complexity index is 600. The Kier molecular flexibility index (Phi) is 3.48. The molecule has 2 aliphatic rings. The molecule has 0 spiro atoms. The van der Waals surface area contributed by atoms with Crippen LogP contribution < -0.4 is 5.32 Å². The van der Waals surface area contributed by atoms with Crippen molar-refractivity contribution >= 4 is 23.6 Å². The highest BCUT2D eigenvalue weighted by molar-refractivity contribution is 7.99. The summed E-state index contributed by atoms with van der Waals surface area (Å²) in [6.45, 7) is 5.99. The van der Waals surface area contributed by atoms with Crippen LogP contribution in [0.1, 0.15) is 32.3 Å². The second kappa shape index (κ2) is 5.05. The molecule has 1 saturated heterocycles. The fourth-order valence-electron chi connectivity index (χ4n) is 2.99. The molecule has 1 aromatic rings. The van der Waals surface area contributed by atoms with E-state index in [2.05, 4.69) is 17.4 Å². The van der Waals surface area contributed by atoms with Gasteiger partial charge in [-0.1, -0.05) is 18.2 Å². The van der Waals surface area contributed by atoms with Crippen LogP contribution in [0, 0.1) is 0 Å². The first-order valence-electron chi connectivity index (χ1n) is 7.25. The molecule has 2 heterocycles. The van der Waals surface area contributed by atoms with Crippen LogP contribution in [0.5, 0.6) is 0 Å². The third kappa shape index (κ3) is 2.33. The summed E-state index contributed by atoms with van der Waals surface area (Å²) in [5.74, 6) is 1.20. The molecule has 21 heavy (non-hydrogen) atoms. The molecule has 2 unspecified atom stereocenters. The lowest BCUT2D eigenvalue weighted by Crippen LogP contribution is -2.68. The molecule has 2 amide bonds. The number of carbonyl (C=O) groups is 2. The minimum atomic E-state index is -0.786. The van der Waals surface area contributed by atoms with E-state index in [0.717, 1.165) is 5.75 Å². The van der Waals surface area contributed by atoms with Crippen molar-refractivity contribution in [2.75, 3.05) is 12.3 Å². The Morgan fingerprint density at radius 2 is 2.05 bits per heavy atom. The van der Waals surface area contributed by atoms with Crippen molar-refractivity contribution in [1.29, 1.82) is 0 Å². The van der Waals surface area contributed by atoms with Gasteiger partial charge in [-0.2, -0.15) is 0 Å². The number of thioether (sulfide) groups is 1. The number of carbonyl (C=O) groups excluding carboxylic acids is 2. The second-order valence-electron chi connectivity index (χ2n) is 6.25. The minimum Gasteiger partial charge on any atom is -0.343 e. The summed E-state index contributed by atoms with van der Waals surface area (Å²) in [5, 5.41) is 2.76. The van der Waals surface area contributed by atoms with E-state index in [4.69, 9.17) is 0 Å². The van der Waals surface area contributed by atoms with Crippen LogP contribution in [-0.2, 0) is 9.59 Å². The van der Waals surface area contributed by atoms with Gasteiger partial charge in [-0.15, -0.1) is 11.8 Å². The topological polar surface area (TPSA) is 49.4 Å². The summed E-state index contributed by atoms with van der Waals surface area (Å²) in [6.07, 6.45) is 0. The van der Waals surface area contributed by atoms with Crippen LogP contribution in [0.25, 0.3) is 0 Å². The quantitative estimate of drug-likeness (QED) is 0.909. The maximum atomic E-state index is 12.5. The van der Waals surface area contributed by atoms with Crippen LogP contribution in [0.3, 0.4) is 0 Å². The lowest BCUT2D eigenvalue weighted by atomic mass is 9.92. The van der Waals surface area contributed by atoms with E-state index >= 15 is 0 Å². The second-order valence-corrected chi connectivity index (χ2v) is 7.31. The highest BCUT2D eigenvalue weighted by Gasteiger charge is 2.45. The molecule has 0 saturated carbocycles. The Hall–Kier alpha value is -1.49. The lowest BCUT2D eigenvalue weighted by Gasteiger charge is -2.44. The maximum Gasteiger partial charge on any atom is 0.246 e. The zero-order valence-corrected chi connectivity index (χ0v) is 13.4. The molecule has 2 atom stereocenters. The molecule has 5 heteroatoms. The van der Waals surface area contributed by atoms with Crippen molar-refractivity contribution in [2.45, 2.75) is 43.2 Å². The summed E-state index contributed by atoms with van der Waals surface area (Å²) >= 11 is 1.83. The number of fused-ring (bicyclic) bond motifs is 1.